The van der Waals surface area contributed by atoms with Gasteiger partial charge in [0.25, 0.3) is 0 Å². The van der Waals surface area contributed by atoms with E-state index in [1.54, 1.807) is 6.20 Å². The molecule has 0 unspecified atom stereocenters. The molecule has 0 saturated heterocycles. The Morgan fingerprint density at radius 3 is 2.67 bits per heavy atom. The van der Waals surface area contributed by atoms with Gasteiger partial charge >= 0.3 is 75.6 Å². The van der Waals surface area contributed by atoms with Crippen molar-refractivity contribution >= 4 is 24.8 Å². The van der Waals surface area contributed by atoms with E-state index in [1.807, 2.05) is 14.8 Å². The van der Waals surface area contributed by atoms with Crippen LogP contribution >= 0.6 is 0 Å². The molecule has 0 radical (unpaired) electrons. The molecule has 0 aliphatic heterocycles. The average Bonchev–Trinajstić information content (AvgIpc) is 2.32. The molecule has 5 heteroatoms. The summed E-state index contributed by atoms with van der Waals surface area (Å²) in [5.41, 5.74) is 0.363. The molecule has 0 saturated carbocycles. The number of aromatic amines is 1. The fourth-order valence-corrected chi connectivity index (χ4v) is 2.59. The standard InChI is InChI=1S/C4H4N2O2.3CH3.Sn/c7-4(8)3-1-5-2-6-3;;;;/h1-2H,(H,5,6)(H,7,8);3*1H3;/q;;;;+1/p-1. The first kappa shape index (κ1) is 9.57. The average molecular weight is 275 g/mol. The molecule has 1 rings (SSSR count). The minimum atomic E-state index is -2.45. The Labute approximate surface area is 75.8 Å². The summed E-state index contributed by atoms with van der Waals surface area (Å²) in [6.07, 6.45) is 3.01. The number of rotatable bonds is 2. The zero-order chi connectivity index (χ0) is 9.19. The van der Waals surface area contributed by atoms with Crippen molar-refractivity contribution in [1.82, 2.24) is 9.97 Å². The van der Waals surface area contributed by atoms with E-state index in [2.05, 4.69) is 9.97 Å². The Bertz CT molecular complexity index is 263. The Kier molecular flexibility index (Phi) is 2.76. The minimum absolute atomic E-state index is 0.306. The van der Waals surface area contributed by atoms with Gasteiger partial charge in [0.2, 0.25) is 0 Å². The summed E-state index contributed by atoms with van der Waals surface area (Å²) < 4.78 is 5.27. The maximum absolute atomic E-state index is 11.3. The summed E-state index contributed by atoms with van der Waals surface area (Å²) in [5, 5.41) is 0. The Hall–Kier alpha value is -0.521. The van der Waals surface area contributed by atoms with E-state index in [1.165, 1.54) is 6.33 Å². The molecule has 0 aliphatic rings. The van der Waals surface area contributed by atoms with Crippen LogP contribution in [0, 0.1) is 0 Å². The van der Waals surface area contributed by atoms with Gasteiger partial charge in [-0.15, -0.1) is 0 Å². The van der Waals surface area contributed by atoms with Gasteiger partial charge in [-0.25, -0.2) is 0 Å². The van der Waals surface area contributed by atoms with Crippen LogP contribution in [0.3, 0.4) is 0 Å². The summed E-state index contributed by atoms with van der Waals surface area (Å²) >= 11 is -2.45. The molecular formula is C7H12N2O2Sn. The normalized spacial score (nSPS) is 11.2. The van der Waals surface area contributed by atoms with Gasteiger partial charge in [-0.2, -0.15) is 0 Å². The van der Waals surface area contributed by atoms with E-state index in [-0.39, 0.29) is 5.97 Å². The van der Waals surface area contributed by atoms with Gasteiger partial charge in [0, 0.05) is 0 Å². The van der Waals surface area contributed by atoms with E-state index in [0.717, 1.165) is 0 Å². The fraction of sp³-hybridized carbons (Fsp3) is 0.429. The van der Waals surface area contributed by atoms with Crippen LogP contribution in [0.2, 0.25) is 14.8 Å². The molecule has 0 aliphatic carbocycles. The van der Waals surface area contributed by atoms with E-state index in [4.69, 9.17) is 3.07 Å². The van der Waals surface area contributed by atoms with Crippen molar-refractivity contribution in [2.45, 2.75) is 14.8 Å². The van der Waals surface area contributed by atoms with Gasteiger partial charge in [-0.05, 0) is 0 Å². The number of imidazole rings is 1. The van der Waals surface area contributed by atoms with Crippen molar-refractivity contribution in [3.8, 4) is 0 Å². The van der Waals surface area contributed by atoms with Crippen LogP contribution in [0.1, 0.15) is 10.5 Å². The molecule has 0 aromatic carbocycles. The van der Waals surface area contributed by atoms with Gasteiger partial charge in [-0.1, -0.05) is 0 Å². The van der Waals surface area contributed by atoms with Crippen LogP contribution in [-0.2, 0) is 3.07 Å². The second-order valence-electron chi connectivity index (χ2n) is 3.46. The van der Waals surface area contributed by atoms with Crippen molar-refractivity contribution in [1.29, 1.82) is 0 Å². The fourth-order valence-electron chi connectivity index (χ4n) is 0.702. The van der Waals surface area contributed by atoms with Gasteiger partial charge in [0.15, 0.2) is 0 Å². The number of carbonyl (C=O) groups excluding carboxylic acids is 1. The molecule has 1 N–H and O–H groups in total. The van der Waals surface area contributed by atoms with E-state index in [0.29, 0.717) is 5.69 Å². The van der Waals surface area contributed by atoms with E-state index >= 15 is 0 Å². The third kappa shape index (κ3) is 2.84. The van der Waals surface area contributed by atoms with E-state index < -0.39 is 18.8 Å². The predicted octanol–water partition coefficient (Wildman–Crippen LogP) is 1.40. The Morgan fingerprint density at radius 1 is 1.58 bits per heavy atom. The predicted molar refractivity (Wildman–Crippen MR) is 47.3 cm³/mol. The van der Waals surface area contributed by atoms with Crippen LogP contribution < -0.4 is 0 Å². The first-order valence-electron chi connectivity index (χ1n) is 3.71. The summed E-state index contributed by atoms with van der Waals surface area (Å²) in [5.74, 6) is -0.306. The first-order valence-corrected chi connectivity index (χ1v) is 13.4. The number of nitrogens with zero attached hydrogens (tertiary/aromatic N) is 1. The molecule has 0 atom stereocenters. The molecule has 0 spiro atoms. The molecule has 1 aromatic heterocycles. The third-order valence-corrected chi connectivity index (χ3v) is 3.38. The number of aromatic nitrogens is 2. The van der Waals surface area contributed by atoms with Crippen molar-refractivity contribution in [3.63, 3.8) is 0 Å². The molecule has 12 heavy (non-hydrogen) atoms. The quantitative estimate of drug-likeness (QED) is 0.830. The number of hydrogen-bond acceptors (Lipinski definition) is 3. The third-order valence-electron chi connectivity index (χ3n) is 1.11. The van der Waals surface area contributed by atoms with Crippen LogP contribution in [-0.4, -0.2) is 34.7 Å². The van der Waals surface area contributed by atoms with Crippen molar-refractivity contribution in [2.24, 2.45) is 0 Å². The van der Waals surface area contributed by atoms with Crippen molar-refractivity contribution in [3.05, 3.63) is 18.2 Å². The van der Waals surface area contributed by atoms with Gasteiger partial charge in [-0.3, -0.25) is 0 Å². The zero-order valence-corrected chi connectivity index (χ0v) is 10.3. The Balaban J connectivity index is 2.63. The number of H-pyrrole nitrogens is 1. The second kappa shape index (κ2) is 3.47. The SMILES string of the molecule is [CH3][Sn]([CH3])([CH3])[O]C(=O)c1c[nH]cn1. The van der Waals surface area contributed by atoms with Gasteiger partial charge < -0.3 is 0 Å². The number of hydrogen-bond donors (Lipinski definition) is 1. The summed E-state index contributed by atoms with van der Waals surface area (Å²) in [6, 6.07) is 0. The summed E-state index contributed by atoms with van der Waals surface area (Å²) in [4.78, 5) is 23.9. The first-order chi connectivity index (χ1) is 5.49. The van der Waals surface area contributed by atoms with Gasteiger partial charge in [0.1, 0.15) is 0 Å². The topological polar surface area (TPSA) is 55.0 Å². The molecular weight excluding hydrogens is 263 g/mol. The molecule has 66 valence electrons. The van der Waals surface area contributed by atoms with Crippen molar-refractivity contribution in [2.75, 3.05) is 0 Å². The van der Waals surface area contributed by atoms with Gasteiger partial charge in [0.05, 0.1) is 0 Å². The molecule has 4 nitrogen and oxygen atoms in total. The summed E-state index contributed by atoms with van der Waals surface area (Å²) in [7, 11) is 0. The number of carbonyl (C=O) groups is 1. The summed E-state index contributed by atoms with van der Waals surface area (Å²) in [6.45, 7) is 0. The molecule has 1 aromatic rings. The van der Waals surface area contributed by atoms with Crippen molar-refractivity contribution < 1.29 is 7.87 Å². The zero-order valence-electron chi connectivity index (χ0n) is 7.42. The second-order valence-corrected chi connectivity index (χ2v) is 16.1. The van der Waals surface area contributed by atoms with Crippen LogP contribution in [0.4, 0.5) is 0 Å². The monoisotopic (exact) mass is 276 g/mol. The maximum atomic E-state index is 11.3. The molecule has 0 bridgehead atoms. The molecule has 0 fully saturated rings. The van der Waals surface area contributed by atoms with Crippen LogP contribution in [0.15, 0.2) is 12.5 Å². The van der Waals surface area contributed by atoms with Crippen LogP contribution in [0.5, 0.6) is 0 Å². The van der Waals surface area contributed by atoms with Crippen LogP contribution in [0.25, 0.3) is 0 Å². The van der Waals surface area contributed by atoms with E-state index in [9.17, 15) is 4.79 Å². The number of nitrogens with one attached hydrogen (secondary N) is 1. The molecule has 1 heterocycles. The Morgan fingerprint density at radius 2 is 2.25 bits per heavy atom. The molecule has 0 amide bonds.